The summed E-state index contributed by atoms with van der Waals surface area (Å²) in [5.41, 5.74) is 2.86. The Morgan fingerprint density at radius 3 is 2.91 bits per heavy atom. The van der Waals surface area contributed by atoms with Crippen LogP contribution in [0.5, 0.6) is 0 Å². The molecule has 2 heterocycles. The molecule has 1 aliphatic rings. The number of alkyl halides is 2. The van der Waals surface area contributed by atoms with Gasteiger partial charge >= 0.3 is 6.43 Å². The Morgan fingerprint density at radius 1 is 1.39 bits per heavy atom. The number of carbonyl (C=O) groups excluding carboxylic acids is 1. The number of hydrogen-bond acceptors (Lipinski definition) is 3. The van der Waals surface area contributed by atoms with Gasteiger partial charge in [-0.05, 0) is 17.5 Å². The number of halogens is 2. The first-order valence-corrected chi connectivity index (χ1v) is 7.41. The summed E-state index contributed by atoms with van der Waals surface area (Å²) in [6.07, 6.45) is -0.830. The van der Waals surface area contributed by atoms with Gasteiger partial charge in [0.15, 0.2) is 0 Å². The lowest BCUT2D eigenvalue weighted by atomic mass is 10.1. The molecule has 1 aromatic heterocycles. The highest BCUT2D eigenvalue weighted by atomic mass is 19.3. The molecule has 0 bridgehead atoms. The summed E-state index contributed by atoms with van der Waals surface area (Å²) >= 11 is 0. The maximum atomic E-state index is 12.3. The summed E-state index contributed by atoms with van der Waals surface area (Å²) in [5, 5.41) is 6.69. The molecule has 0 saturated carbocycles. The van der Waals surface area contributed by atoms with Crippen LogP contribution >= 0.6 is 0 Å². The van der Waals surface area contributed by atoms with E-state index in [-0.39, 0.29) is 6.54 Å². The van der Waals surface area contributed by atoms with Gasteiger partial charge < -0.3 is 10.1 Å². The first-order chi connectivity index (χ1) is 11.1. The molecule has 7 heteroatoms. The fraction of sp³-hybridized carbons (Fsp3) is 0.375. The summed E-state index contributed by atoms with van der Waals surface area (Å²) < 4.78 is 31.9. The predicted octanol–water partition coefficient (Wildman–Crippen LogP) is 1.93. The zero-order valence-electron chi connectivity index (χ0n) is 12.4. The minimum absolute atomic E-state index is 0.00146. The molecule has 1 aliphatic heterocycles. The average molecular weight is 321 g/mol. The number of ether oxygens (including phenoxy) is 1. The van der Waals surface area contributed by atoms with Gasteiger partial charge in [0.1, 0.15) is 6.10 Å². The molecule has 1 atom stereocenters. The zero-order chi connectivity index (χ0) is 16.2. The molecule has 122 valence electrons. The van der Waals surface area contributed by atoms with Crippen molar-refractivity contribution in [3.8, 4) is 0 Å². The second-order valence-electron chi connectivity index (χ2n) is 5.38. The van der Waals surface area contributed by atoms with E-state index in [0.717, 1.165) is 17.5 Å². The number of rotatable bonds is 5. The fourth-order valence-electron chi connectivity index (χ4n) is 2.61. The van der Waals surface area contributed by atoms with Gasteiger partial charge in [0.05, 0.1) is 18.8 Å². The predicted molar refractivity (Wildman–Crippen MR) is 79.2 cm³/mol. The summed E-state index contributed by atoms with van der Waals surface area (Å²) in [4.78, 5) is 11.0. The van der Waals surface area contributed by atoms with Crippen molar-refractivity contribution in [1.29, 1.82) is 0 Å². The Labute approximate surface area is 132 Å². The molecule has 1 unspecified atom stereocenters. The smallest absolute Gasteiger partial charge is 0.315 e. The fourth-order valence-corrected chi connectivity index (χ4v) is 2.61. The summed E-state index contributed by atoms with van der Waals surface area (Å²) in [7, 11) is 0. The molecule has 1 aromatic carbocycles. The van der Waals surface area contributed by atoms with Crippen LogP contribution in [0.1, 0.15) is 22.9 Å². The molecule has 1 amide bonds. The first kappa shape index (κ1) is 15.6. The normalized spacial score (nSPS) is 17.1. The van der Waals surface area contributed by atoms with E-state index in [2.05, 4.69) is 10.4 Å². The molecule has 1 N–H and O–H groups in total. The topological polar surface area (TPSA) is 56.1 Å². The van der Waals surface area contributed by atoms with Gasteiger partial charge in [-0.1, -0.05) is 30.3 Å². The zero-order valence-corrected chi connectivity index (χ0v) is 12.4. The molecule has 5 nitrogen and oxygen atoms in total. The van der Waals surface area contributed by atoms with Gasteiger partial charge in [-0.3, -0.25) is 9.48 Å². The second kappa shape index (κ2) is 6.87. The van der Waals surface area contributed by atoms with Crippen LogP contribution in [0, 0.1) is 0 Å². The molecular weight excluding hydrogens is 304 g/mol. The lowest BCUT2D eigenvalue weighted by Gasteiger charge is -2.22. The number of benzene rings is 1. The number of carbonyl (C=O) groups is 1. The molecule has 0 radical (unpaired) electrons. The Balaban J connectivity index is 1.70. The average Bonchev–Trinajstić information content (AvgIpc) is 2.96. The van der Waals surface area contributed by atoms with Crippen LogP contribution in [-0.4, -0.2) is 35.3 Å². The molecule has 0 spiro atoms. The van der Waals surface area contributed by atoms with E-state index in [1.165, 1.54) is 0 Å². The van der Waals surface area contributed by atoms with E-state index in [1.54, 1.807) is 0 Å². The number of fused-ring (bicyclic) bond motifs is 1. The van der Waals surface area contributed by atoms with Crippen molar-refractivity contribution in [2.45, 2.75) is 25.5 Å². The first-order valence-electron chi connectivity index (χ1n) is 7.41. The number of aromatic nitrogens is 2. The number of amides is 1. The second-order valence-corrected chi connectivity index (χ2v) is 5.38. The van der Waals surface area contributed by atoms with Crippen molar-refractivity contribution in [3.05, 3.63) is 53.3 Å². The van der Waals surface area contributed by atoms with E-state index >= 15 is 0 Å². The van der Waals surface area contributed by atoms with Crippen LogP contribution in [0.2, 0.25) is 0 Å². The van der Waals surface area contributed by atoms with E-state index < -0.39 is 18.4 Å². The van der Waals surface area contributed by atoms with Crippen molar-refractivity contribution in [2.24, 2.45) is 0 Å². The minimum Gasteiger partial charge on any atom is -0.370 e. The standard InChI is InChI=1S/C16H17F2N3O2/c17-15(18)16(22)19-8-13-14-12(6-7-23-13)10-21(20-14)9-11-4-2-1-3-5-11/h1-5,10,13,15H,6-9H2,(H,19,22). The number of nitrogens with one attached hydrogen (secondary N) is 1. The summed E-state index contributed by atoms with van der Waals surface area (Å²) in [6, 6.07) is 9.90. The van der Waals surface area contributed by atoms with Crippen molar-refractivity contribution in [2.75, 3.05) is 13.2 Å². The monoisotopic (exact) mass is 321 g/mol. The van der Waals surface area contributed by atoms with E-state index in [9.17, 15) is 13.6 Å². The van der Waals surface area contributed by atoms with E-state index in [4.69, 9.17) is 4.74 Å². The van der Waals surface area contributed by atoms with Gasteiger partial charge in [0.2, 0.25) is 0 Å². The third kappa shape index (κ3) is 3.73. The van der Waals surface area contributed by atoms with Gasteiger partial charge in [0, 0.05) is 12.7 Å². The van der Waals surface area contributed by atoms with Gasteiger partial charge in [-0.15, -0.1) is 0 Å². The minimum atomic E-state index is -3.02. The van der Waals surface area contributed by atoms with Crippen molar-refractivity contribution >= 4 is 5.91 Å². The number of nitrogens with zero attached hydrogens (tertiary/aromatic N) is 2. The molecular formula is C16H17F2N3O2. The highest BCUT2D eigenvalue weighted by Gasteiger charge is 2.26. The van der Waals surface area contributed by atoms with Gasteiger partial charge in [0.25, 0.3) is 5.91 Å². The molecule has 0 aliphatic carbocycles. The highest BCUT2D eigenvalue weighted by molar-refractivity contribution is 5.79. The highest BCUT2D eigenvalue weighted by Crippen LogP contribution is 2.25. The maximum Gasteiger partial charge on any atom is 0.315 e. The molecule has 0 saturated heterocycles. The Hall–Kier alpha value is -2.28. The summed E-state index contributed by atoms with van der Waals surface area (Å²) in [6.45, 7) is 1.11. The quantitative estimate of drug-likeness (QED) is 0.915. The van der Waals surface area contributed by atoms with Crippen molar-refractivity contribution in [3.63, 3.8) is 0 Å². The van der Waals surface area contributed by atoms with Crippen LogP contribution in [-0.2, 0) is 22.5 Å². The Morgan fingerprint density at radius 2 is 2.17 bits per heavy atom. The van der Waals surface area contributed by atoms with Crippen LogP contribution in [0.25, 0.3) is 0 Å². The Bertz CT molecular complexity index is 673. The maximum absolute atomic E-state index is 12.3. The molecule has 23 heavy (non-hydrogen) atoms. The van der Waals surface area contributed by atoms with Crippen molar-refractivity contribution < 1.29 is 18.3 Å². The van der Waals surface area contributed by atoms with Gasteiger partial charge in [-0.2, -0.15) is 13.9 Å². The van der Waals surface area contributed by atoms with Crippen molar-refractivity contribution in [1.82, 2.24) is 15.1 Å². The Kier molecular flexibility index (Phi) is 4.66. The molecule has 3 rings (SSSR count). The lowest BCUT2D eigenvalue weighted by Crippen LogP contribution is -2.35. The largest absolute Gasteiger partial charge is 0.370 e. The van der Waals surface area contributed by atoms with Crippen LogP contribution < -0.4 is 5.32 Å². The van der Waals surface area contributed by atoms with Crippen LogP contribution in [0.3, 0.4) is 0 Å². The van der Waals surface area contributed by atoms with Gasteiger partial charge in [-0.25, -0.2) is 0 Å². The third-order valence-corrected chi connectivity index (χ3v) is 3.71. The summed E-state index contributed by atoms with van der Waals surface area (Å²) in [5.74, 6) is -1.29. The third-order valence-electron chi connectivity index (χ3n) is 3.71. The molecule has 0 fully saturated rings. The van der Waals surface area contributed by atoms with E-state index in [1.807, 2.05) is 41.2 Å². The number of hydrogen-bond donors (Lipinski definition) is 1. The molecule has 2 aromatic rings. The SMILES string of the molecule is O=C(NCC1OCCc2cn(Cc3ccccc3)nc21)C(F)F. The van der Waals surface area contributed by atoms with Crippen LogP contribution in [0.15, 0.2) is 36.5 Å². The van der Waals surface area contributed by atoms with E-state index in [0.29, 0.717) is 18.8 Å². The lowest BCUT2D eigenvalue weighted by molar-refractivity contribution is -0.132. The van der Waals surface area contributed by atoms with Crippen LogP contribution in [0.4, 0.5) is 8.78 Å².